The maximum atomic E-state index is 13.0. The van der Waals surface area contributed by atoms with Crippen molar-refractivity contribution in [2.45, 2.75) is 6.42 Å². The molecule has 26 heavy (non-hydrogen) atoms. The summed E-state index contributed by atoms with van der Waals surface area (Å²) in [6, 6.07) is 17.4. The Bertz CT molecular complexity index is 1020. The molecule has 3 aromatic heterocycles. The van der Waals surface area contributed by atoms with Crippen molar-refractivity contribution in [1.82, 2.24) is 15.0 Å². The summed E-state index contributed by atoms with van der Waals surface area (Å²) in [5, 5.41) is 0.786. The van der Waals surface area contributed by atoms with Crippen molar-refractivity contribution in [1.29, 1.82) is 0 Å². The molecule has 0 N–H and O–H groups in total. The highest BCUT2D eigenvalue weighted by Gasteiger charge is 2.20. The van der Waals surface area contributed by atoms with Gasteiger partial charge in [-0.05, 0) is 29.8 Å². The van der Waals surface area contributed by atoms with Crippen LogP contribution in [0.25, 0.3) is 21.8 Å². The summed E-state index contributed by atoms with van der Waals surface area (Å²) in [7, 11) is 0. The number of carbonyl (C=O) groups excluding carboxylic acids is 1. The molecule has 0 bridgehead atoms. The van der Waals surface area contributed by atoms with Crippen molar-refractivity contribution in [3.8, 4) is 21.8 Å². The van der Waals surface area contributed by atoms with Crippen LogP contribution in [0.4, 0.5) is 0 Å². The van der Waals surface area contributed by atoms with E-state index in [0.717, 1.165) is 21.7 Å². The van der Waals surface area contributed by atoms with Crippen LogP contribution in [0.15, 0.2) is 79.4 Å². The fourth-order valence-electron chi connectivity index (χ4n) is 2.68. The number of Topliss-reactive ketones (excluding diaryl/α,β-unsaturated/α-hetero) is 1. The Morgan fingerprint density at radius 2 is 1.54 bits per heavy atom. The minimum atomic E-state index is 0.0580. The fourth-order valence-corrected chi connectivity index (χ4v) is 3.70. The minimum absolute atomic E-state index is 0.0580. The summed E-state index contributed by atoms with van der Waals surface area (Å²) < 4.78 is 0. The number of benzene rings is 1. The van der Waals surface area contributed by atoms with E-state index in [4.69, 9.17) is 4.98 Å². The van der Waals surface area contributed by atoms with Crippen molar-refractivity contribution in [2.24, 2.45) is 0 Å². The van der Waals surface area contributed by atoms with E-state index in [1.54, 1.807) is 24.8 Å². The number of hydrogen-bond acceptors (Lipinski definition) is 5. The van der Waals surface area contributed by atoms with Gasteiger partial charge >= 0.3 is 0 Å². The normalized spacial score (nSPS) is 10.6. The second kappa shape index (κ2) is 7.37. The van der Waals surface area contributed by atoms with E-state index in [9.17, 15) is 4.79 Å². The Morgan fingerprint density at radius 1 is 0.846 bits per heavy atom. The van der Waals surface area contributed by atoms with Crippen LogP contribution in [0.1, 0.15) is 15.2 Å². The van der Waals surface area contributed by atoms with E-state index in [0.29, 0.717) is 17.0 Å². The van der Waals surface area contributed by atoms with Crippen LogP contribution >= 0.6 is 11.3 Å². The number of carbonyl (C=O) groups is 1. The molecule has 0 aliphatic rings. The van der Waals surface area contributed by atoms with Crippen molar-refractivity contribution in [2.75, 3.05) is 0 Å². The van der Waals surface area contributed by atoms with Crippen molar-refractivity contribution < 1.29 is 4.79 Å². The van der Waals surface area contributed by atoms with Crippen LogP contribution in [0.2, 0.25) is 0 Å². The van der Waals surface area contributed by atoms with Crippen LogP contribution in [0.3, 0.4) is 0 Å². The van der Waals surface area contributed by atoms with Gasteiger partial charge < -0.3 is 0 Å². The van der Waals surface area contributed by atoms with E-state index in [1.165, 1.54) is 11.3 Å². The van der Waals surface area contributed by atoms with Crippen LogP contribution in [-0.2, 0) is 6.42 Å². The average Bonchev–Trinajstić information content (AvgIpc) is 3.16. The molecule has 0 aliphatic carbocycles. The third-order valence-corrected chi connectivity index (χ3v) is 5.08. The first-order chi connectivity index (χ1) is 12.8. The smallest absolute Gasteiger partial charge is 0.179 e. The van der Waals surface area contributed by atoms with Gasteiger partial charge in [-0.2, -0.15) is 0 Å². The van der Waals surface area contributed by atoms with Gasteiger partial charge in [0.15, 0.2) is 5.78 Å². The van der Waals surface area contributed by atoms with Crippen LogP contribution in [0.5, 0.6) is 0 Å². The van der Waals surface area contributed by atoms with Crippen LogP contribution < -0.4 is 0 Å². The molecule has 0 radical (unpaired) electrons. The molecule has 0 saturated carbocycles. The van der Waals surface area contributed by atoms with Gasteiger partial charge in [0.1, 0.15) is 5.01 Å². The molecule has 0 fully saturated rings. The number of aromatic nitrogens is 3. The highest BCUT2D eigenvalue weighted by Crippen LogP contribution is 2.34. The molecule has 4 aromatic rings. The van der Waals surface area contributed by atoms with Crippen LogP contribution in [-0.4, -0.2) is 20.7 Å². The zero-order chi connectivity index (χ0) is 17.8. The van der Waals surface area contributed by atoms with Gasteiger partial charge in [-0.25, -0.2) is 4.98 Å². The Kier molecular flexibility index (Phi) is 4.62. The van der Waals surface area contributed by atoms with Gasteiger partial charge in [0, 0.05) is 42.3 Å². The van der Waals surface area contributed by atoms with E-state index in [-0.39, 0.29) is 5.78 Å². The quantitative estimate of drug-likeness (QED) is 0.486. The molecule has 4 rings (SSSR count). The van der Waals surface area contributed by atoms with Gasteiger partial charge in [-0.15, -0.1) is 11.3 Å². The third-order valence-electron chi connectivity index (χ3n) is 3.93. The van der Waals surface area contributed by atoms with Crippen molar-refractivity contribution in [3.63, 3.8) is 0 Å². The molecule has 0 spiro atoms. The number of thiazole rings is 1. The topological polar surface area (TPSA) is 55.7 Å². The molecule has 1 aromatic carbocycles. The molecule has 3 heterocycles. The third kappa shape index (κ3) is 3.43. The lowest BCUT2D eigenvalue weighted by atomic mass is 10.1. The lowest BCUT2D eigenvalue weighted by Crippen LogP contribution is -2.03. The van der Waals surface area contributed by atoms with Gasteiger partial charge in [-0.1, -0.05) is 30.3 Å². The molecule has 0 unspecified atom stereocenters. The first-order valence-electron chi connectivity index (χ1n) is 8.20. The average molecular weight is 357 g/mol. The zero-order valence-electron chi connectivity index (χ0n) is 13.9. The van der Waals surface area contributed by atoms with E-state index in [2.05, 4.69) is 9.97 Å². The summed E-state index contributed by atoms with van der Waals surface area (Å²) in [5.41, 5.74) is 3.42. The summed E-state index contributed by atoms with van der Waals surface area (Å²) in [6.45, 7) is 0. The maximum Gasteiger partial charge on any atom is 0.179 e. The molecule has 0 aliphatic heterocycles. The van der Waals surface area contributed by atoms with Gasteiger partial charge in [0.25, 0.3) is 0 Å². The van der Waals surface area contributed by atoms with E-state index in [1.807, 2.05) is 54.6 Å². The second-order valence-electron chi connectivity index (χ2n) is 5.77. The molecule has 0 atom stereocenters. The zero-order valence-corrected chi connectivity index (χ0v) is 14.7. The molecule has 5 heteroatoms. The number of hydrogen-bond donors (Lipinski definition) is 0. The highest BCUT2D eigenvalue weighted by atomic mass is 32.1. The lowest BCUT2D eigenvalue weighted by Gasteiger charge is -2.02. The molecular formula is C21H15N3OS. The van der Waals surface area contributed by atoms with Gasteiger partial charge in [0.2, 0.25) is 0 Å². The molecule has 0 amide bonds. The standard InChI is InChI=1S/C21H15N3OS/c25-18(12-15-6-2-1-3-7-15)20-19(16-8-4-10-22-13-16)24-21(26-20)17-9-5-11-23-14-17/h1-11,13-14H,12H2. The van der Waals surface area contributed by atoms with E-state index < -0.39 is 0 Å². The maximum absolute atomic E-state index is 13.0. The predicted octanol–water partition coefficient (Wildman–Crippen LogP) is 4.69. The number of pyridine rings is 2. The first kappa shape index (κ1) is 16.3. The summed E-state index contributed by atoms with van der Waals surface area (Å²) >= 11 is 1.41. The Labute approximate surface area is 155 Å². The van der Waals surface area contributed by atoms with Gasteiger partial charge in [-0.3, -0.25) is 14.8 Å². The predicted molar refractivity (Wildman–Crippen MR) is 103 cm³/mol. The van der Waals surface area contributed by atoms with Crippen LogP contribution in [0, 0.1) is 0 Å². The molecule has 126 valence electrons. The SMILES string of the molecule is O=C(Cc1ccccc1)c1sc(-c2cccnc2)nc1-c1cccnc1. The summed E-state index contributed by atoms with van der Waals surface area (Å²) in [5.74, 6) is 0.0580. The first-order valence-corrected chi connectivity index (χ1v) is 9.01. The van der Waals surface area contributed by atoms with Gasteiger partial charge in [0.05, 0.1) is 10.6 Å². The number of ketones is 1. The monoisotopic (exact) mass is 357 g/mol. The Balaban J connectivity index is 1.77. The van der Waals surface area contributed by atoms with E-state index >= 15 is 0 Å². The largest absolute Gasteiger partial charge is 0.293 e. The number of nitrogens with zero attached hydrogens (tertiary/aromatic N) is 3. The molecule has 0 saturated heterocycles. The Hall–Kier alpha value is -3.18. The minimum Gasteiger partial charge on any atom is -0.293 e. The summed E-state index contributed by atoms with van der Waals surface area (Å²) in [6.07, 6.45) is 7.28. The lowest BCUT2D eigenvalue weighted by molar-refractivity contribution is 0.0997. The summed E-state index contributed by atoms with van der Waals surface area (Å²) in [4.78, 5) is 26.7. The van der Waals surface area contributed by atoms with Crippen molar-refractivity contribution >= 4 is 17.1 Å². The Morgan fingerprint density at radius 3 is 2.19 bits per heavy atom. The fraction of sp³-hybridized carbons (Fsp3) is 0.0476. The van der Waals surface area contributed by atoms with Crippen molar-refractivity contribution in [3.05, 3.63) is 89.8 Å². The second-order valence-corrected chi connectivity index (χ2v) is 6.76. The molecule has 4 nitrogen and oxygen atoms in total. The number of rotatable bonds is 5. The highest BCUT2D eigenvalue weighted by molar-refractivity contribution is 7.17. The molecular weight excluding hydrogens is 342 g/mol.